The van der Waals surface area contributed by atoms with Gasteiger partial charge in [-0.2, -0.15) is 5.10 Å². The summed E-state index contributed by atoms with van der Waals surface area (Å²) in [6.07, 6.45) is 0.302. The summed E-state index contributed by atoms with van der Waals surface area (Å²) in [6.45, 7) is 0. The predicted molar refractivity (Wildman–Crippen MR) is 111 cm³/mol. The van der Waals surface area contributed by atoms with Crippen LogP contribution in [0.2, 0.25) is 5.02 Å². The summed E-state index contributed by atoms with van der Waals surface area (Å²) in [4.78, 5) is 0. The van der Waals surface area contributed by atoms with Gasteiger partial charge in [-0.1, -0.05) is 48.0 Å². The molecule has 3 nitrogen and oxygen atoms in total. The van der Waals surface area contributed by atoms with Crippen LogP contribution in [0.1, 0.15) is 35.4 Å². The van der Waals surface area contributed by atoms with Crippen LogP contribution in [0.15, 0.2) is 76.3 Å². The van der Waals surface area contributed by atoms with E-state index in [2.05, 4.69) is 28.1 Å². The van der Waals surface area contributed by atoms with Crippen LogP contribution < -0.4 is 4.74 Å². The number of benzene rings is 3. The third-order valence-corrected chi connectivity index (χ3v) is 5.93. The number of fused-ring (bicyclic) bond motifs is 3. The first-order chi connectivity index (χ1) is 13.6. The molecule has 0 N–H and O–H groups in total. The van der Waals surface area contributed by atoms with Gasteiger partial charge in [-0.3, -0.25) is 0 Å². The van der Waals surface area contributed by atoms with Crippen LogP contribution in [0.4, 0.5) is 4.39 Å². The summed E-state index contributed by atoms with van der Waals surface area (Å²) >= 11 is 9.53. The van der Waals surface area contributed by atoms with E-state index in [9.17, 15) is 4.39 Å². The van der Waals surface area contributed by atoms with Gasteiger partial charge in [0.15, 0.2) is 0 Å². The number of hydrogen-bond donors (Lipinski definition) is 0. The van der Waals surface area contributed by atoms with E-state index in [4.69, 9.17) is 21.4 Å². The van der Waals surface area contributed by atoms with Gasteiger partial charge in [-0.05, 0) is 51.8 Å². The average Bonchev–Trinajstić information content (AvgIpc) is 3.16. The number of rotatable bonds is 2. The minimum absolute atomic E-state index is 0.00600. The lowest BCUT2D eigenvalue weighted by Crippen LogP contribution is -2.33. The highest BCUT2D eigenvalue weighted by atomic mass is 79.9. The standard InChI is InChI=1S/C22H15BrClFN2O/c23-17-10-14(6-8-18(17)25)22-27-20(16-11-15(24)7-9-21(16)28-22)12-19(26-27)13-4-2-1-3-5-13/h1-11,20,22H,12H2/t20-,22-/m1/s1. The van der Waals surface area contributed by atoms with Crippen LogP contribution >= 0.6 is 27.5 Å². The molecule has 6 heteroatoms. The van der Waals surface area contributed by atoms with Crippen LogP contribution in [-0.4, -0.2) is 10.7 Å². The van der Waals surface area contributed by atoms with Crippen molar-refractivity contribution in [2.75, 3.05) is 0 Å². The molecule has 0 aliphatic carbocycles. The van der Waals surface area contributed by atoms with Gasteiger partial charge in [0, 0.05) is 22.6 Å². The quantitative estimate of drug-likeness (QED) is 0.440. The zero-order chi connectivity index (χ0) is 19.3. The van der Waals surface area contributed by atoms with Crippen LogP contribution in [-0.2, 0) is 0 Å². The number of halogens is 3. The first-order valence-electron chi connectivity index (χ1n) is 8.92. The Bertz CT molecular complexity index is 1090. The molecular formula is C22H15BrClFN2O. The van der Waals surface area contributed by atoms with Gasteiger partial charge < -0.3 is 4.74 Å². The molecule has 28 heavy (non-hydrogen) atoms. The second-order valence-corrected chi connectivity index (χ2v) is 8.13. The van der Waals surface area contributed by atoms with Crippen molar-refractivity contribution in [3.63, 3.8) is 0 Å². The second kappa shape index (κ2) is 6.90. The Balaban J connectivity index is 1.62. The molecule has 2 aliphatic rings. The summed E-state index contributed by atoms with van der Waals surface area (Å²) in [5.41, 5.74) is 3.92. The van der Waals surface area contributed by atoms with Crippen molar-refractivity contribution in [2.24, 2.45) is 5.10 Å². The summed E-state index contributed by atoms with van der Waals surface area (Å²) < 4.78 is 20.4. The Morgan fingerprint density at radius 1 is 1.07 bits per heavy atom. The van der Waals surface area contributed by atoms with Crippen molar-refractivity contribution >= 4 is 33.2 Å². The van der Waals surface area contributed by atoms with Crippen molar-refractivity contribution in [3.05, 3.63) is 98.7 Å². The third-order valence-electron chi connectivity index (χ3n) is 5.09. The molecule has 0 saturated carbocycles. The maximum atomic E-state index is 13.8. The lowest BCUT2D eigenvalue weighted by Gasteiger charge is -2.38. The molecule has 2 aliphatic heterocycles. The Kier molecular flexibility index (Phi) is 4.37. The lowest BCUT2D eigenvalue weighted by atomic mass is 9.96. The average molecular weight is 458 g/mol. The highest BCUT2D eigenvalue weighted by molar-refractivity contribution is 9.10. The zero-order valence-electron chi connectivity index (χ0n) is 14.6. The topological polar surface area (TPSA) is 24.8 Å². The highest BCUT2D eigenvalue weighted by Crippen LogP contribution is 2.48. The SMILES string of the molecule is Fc1ccc([C@H]2Oc3ccc(Cl)cc3[C@H]3CC(c4ccccc4)=NN32)cc1Br. The molecule has 2 heterocycles. The van der Waals surface area contributed by atoms with Gasteiger partial charge >= 0.3 is 0 Å². The maximum absolute atomic E-state index is 13.8. The maximum Gasteiger partial charge on any atom is 0.213 e. The van der Waals surface area contributed by atoms with E-state index in [1.165, 1.54) is 6.07 Å². The molecule has 0 radical (unpaired) electrons. The van der Waals surface area contributed by atoms with E-state index in [-0.39, 0.29) is 11.9 Å². The van der Waals surface area contributed by atoms with E-state index in [1.807, 2.05) is 41.4 Å². The first-order valence-corrected chi connectivity index (χ1v) is 10.1. The Hall–Kier alpha value is -2.37. The summed E-state index contributed by atoms with van der Waals surface area (Å²) in [5, 5.41) is 7.52. The van der Waals surface area contributed by atoms with Crippen molar-refractivity contribution in [2.45, 2.75) is 18.7 Å². The van der Waals surface area contributed by atoms with Crippen molar-refractivity contribution in [3.8, 4) is 5.75 Å². The van der Waals surface area contributed by atoms with Crippen LogP contribution in [0.25, 0.3) is 0 Å². The molecule has 0 spiro atoms. The summed E-state index contributed by atoms with van der Waals surface area (Å²) in [5.74, 6) is 0.471. The molecule has 0 saturated heterocycles. The lowest BCUT2D eigenvalue weighted by molar-refractivity contribution is -0.0191. The fourth-order valence-electron chi connectivity index (χ4n) is 3.75. The smallest absolute Gasteiger partial charge is 0.213 e. The molecule has 0 unspecified atom stereocenters. The number of nitrogens with zero attached hydrogens (tertiary/aromatic N) is 2. The van der Waals surface area contributed by atoms with Gasteiger partial charge in [0.1, 0.15) is 11.6 Å². The minimum Gasteiger partial charge on any atom is -0.464 e. The summed E-state index contributed by atoms with van der Waals surface area (Å²) in [7, 11) is 0. The molecule has 3 aromatic rings. The van der Waals surface area contributed by atoms with Gasteiger partial charge in [0.2, 0.25) is 6.23 Å². The monoisotopic (exact) mass is 456 g/mol. The third kappa shape index (κ3) is 2.99. The highest BCUT2D eigenvalue weighted by Gasteiger charge is 2.41. The molecule has 2 atom stereocenters. The van der Waals surface area contributed by atoms with E-state index in [1.54, 1.807) is 12.1 Å². The molecular weight excluding hydrogens is 443 g/mol. The van der Waals surface area contributed by atoms with Crippen LogP contribution in [0.3, 0.4) is 0 Å². The minimum atomic E-state index is -0.447. The van der Waals surface area contributed by atoms with Crippen LogP contribution in [0, 0.1) is 5.82 Å². The van der Waals surface area contributed by atoms with Gasteiger partial charge in [0.05, 0.1) is 16.2 Å². The fourth-order valence-corrected chi connectivity index (χ4v) is 4.33. The predicted octanol–water partition coefficient (Wildman–Crippen LogP) is 6.48. The summed E-state index contributed by atoms with van der Waals surface area (Å²) in [6, 6.07) is 20.7. The number of ether oxygens (including phenoxy) is 1. The van der Waals surface area contributed by atoms with E-state index >= 15 is 0 Å². The van der Waals surface area contributed by atoms with E-state index < -0.39 is 6.23 Å². The first kappa shape index (κ1) is 17.7. The number of hydrazone groups is 1. The molecule has 0 bridgehead atoms. The normalized spacial score (nSPS) is 20.2. The largest absolute Gasteiger partial charge is 0.464 e. The fraction of sp³-hybridized carbons (Fsp3) is 0.136. The Morgan fingerprint density at radius 2 is 1.89 bits per heavy atom. The molecule has 0 aromatic heterocycles. The molecule has 140 valence electrons. The van der Waals surface area contributed by atoms with Crippen LogP contribution in [0.5, 0.6) is 5.75 Å². The van der Waals surface area contributed by atoms with Gasteiger partial charge in [-0.15, -0.1) is 0 Å². The van der Waals surface area contributed by atoms with Crippen molar-refractivity contribution in [1.82, 2.24) is 5.01 Å². The molecule has 3 aromatic carbocycles. The van der Waals surface area contributed by atoms with Gasteiger partial charge in [0.25, 0.3) is 0 Å². The molecule has 5 rings (SSSR count). The molecule has 0 amide bonds. The van der Waals surface area contributed by atoms with E-state index in [0.29, 0.717) is 9.50 Å². The van der Waals surface area contributed by atoms with Crippen molar-refractivity contribution in [1.29, 1.82) is 0 Å². The second-order valence-electron chi connectivity index (χ2n) is 6.84. The Morgan fingerprint density at radius 3 is 2.68 bits per heavy atom. The molecule has 0 fully saturated rings. The van der Waals surface area contributed by atoms with Gasteiger partial charge in [-0.25, -0.2) is 9.40 Å². The van der Waals surface area contributed by atoms with Crippen molar-refractivity contribution < 1.29 is 9.13 Å². The Labute approximate surface area is 175 Å². The van der Waals surface area contributed by atoms with E-state index in [0.717, 1.165) is 34.6 Å². The zero-order valence-corrected chi connectivity index (χ0v) is 17.0. The number of hydrogen-bond acceptors (Lipinski definition) is 3.